The zero-order valence-electron chi connectivity index (χ0n) is 25.5. The standard InChI is InChI=1S/C33H33ClN6O4S2/c1-33(2,3)29-21-45-31(36-29)16-10-22-6-4-8-24(18-22)32(41)35-27-19-23(9-15-28(27)44-20-30-37-39-40-38-30)7-5-17-46(42,43)26-13-11-25(34)12-14-26/h4,6,8-16,18-19,21H,5,7,17,20H2,1-3H3,(H,35,41)(H,37,38,39,40). The van der Waals surface area contributed by atoms with Crippen LogP contribution < -0.4 is 10.1 Å². The van der Waals surface area contributed by atoms with Crippen molar-refractivity contribution in [1.29, 1.82) is 0 Å². The van der Waals surface area contributed by atoms with Gasteiger partial charge >= 0.3 is 0 Å². The van der Waals surface area contributed by atoms with E-state index in [0.717, 1.165) is 21.8 Å². The van der Waals surface area contributed by atoms with Gasteiger partial charge in [0, 0.05) is 21.4 Å². The third-order valence-electron chi connectivity index (χ3n) is 6.95. The molecule has 10 nitrogen and oxygen atoms in total. The summed E-state index contributed by atoms with van der Waals surface area (Å²) in [6.07, 6.45) is 4.72. The van der Waals surface area contributed by atoms with E-state index in [1.807, 2.05) is 30.4 Å². The Morgan fingerprint density at radius 2 is 1.87 bits per heavy atom. The third kappa shape index (κ3) is 8.87. The Bertz CT molecular complexity index is 1930. The third-order valence-corrected chi connectivity index (χ3v) is 9.83. The number of hydrogen-bond donors (Lipinski definition) is 2. The summed E-state index contributed by atoms with van der Waals surface area (Å²) in [4.78, 5) is 18.4. The number of nitrogens with one attached hydrogen (secondary N) is 2. The molecule has 0 radical (unpaired) electrons. The van der Waals surface area contributed by atoms with Crippen LogP contribution in [0.1, 0.15) is 65.2 Å². The minimum Gasteiger partial charge on any atom is -0.483 e. The number of amides is 1. The van der Waals surface area contributed by atoms with Crippen molar-refractivity contribution < 1.29 is 17.9 Å². The maximum atomic E-state index is 13.4. The van der Waals surface area contributed by atoms with E-state index in [1.54, 1.807) is 47.7 Å². The van der Waals surface area contributed by atoms with Crippen LogP contribution in [0.15, 0.2) is 77.0 Å². The second kappa shape index (κ2) is 14.4. The van der Waals surface area contributed by atoms with Crippen molar-refractivity contribution in [1.82, 2.24) is 25.6 Å². The molecule has 0 spiro atoms. The molecule has 46 heavy (non-hydrogen) atoms. The molecule has 0 saturated heterocycles. The number of H-pyrrole nitrogens is 1. The highest BCUT2D eigenvalue weighted by Crippen LogP contribution is 2.29. The lowest BCUT2D eigenvalue weighted by molar-refractivity contribution is 0.102. The fraction of sp³-hybridized carbons (Fsp3) is 0.242. The number of benzene rings is 3. The van der Waals surface area contributed by atoms with Crippen molar-refractivity contribution in [2.75, 3.05) is 11.1 Å². The van der Waals surface area contributed by atoms with Gasteiger partial charge in [0.15, 0.2) is 15.7 Å². The van der Waals surface area contributed by atoms with Crippen LogP contribution in [0.4, 0.5) is 5.69 Å². The van der Waals surface area contributed by atoms with E-state index in [9.17, 15) is 13.2 Å². The predicted molar refractivity (Wildman–Crippen MR) is 181 cm³/mol. The molecular weight excluding hydrogens is 644 g/mol. The Balaban J connectivity index is 1.30. The predicted octanol–water partition coefficient (Wildman–Crippen LogP) is 7.02. The molecule has 2 heterocycles. The number of carbonyl (C=O) groups excluding carboxylic acids is 1. The molecule has 0 aliphatic carbocycles. The summed E-state index contributed by atoms with van der Waals surface area (Å²) >= 11 is 7.48. The normalized spacial score (nSPS) is 12.0. The Kier molecular flexibility index (Phi) is 10.3. The van der Waals surface area contributed by atoms with Gasteiger partial charge in [-0.3, -0.25) is 4.79 Å². The molecule has 0 atom stereocenters. The van der Waals surface area contributed by atoms with Crippen LogP contribution in [0.3, 0.4) is 0 Å². The molecule has 13 heteroatoms. The van der Waals surface area contributed by atoms with E-state index >= 15 is 0 Å². The number of carbonyl (C=O) groups is 1. The van der Waals surface area contributed by atoms with Gasteiger partial charge in [-0.25, -0.2) is 18.5 Å². The molecule has 5 rings (SSSR count). The number of aromatic amines is 1. The van der Waals surface area contributed by atoms with E-state index in [2.05, 4.69) is 52.1 Å². The van der Waals surface area contributed by atoms with Gasteiger partial charge in [-0.05, 0) is 89.0 Å². The highest BCUT2D eigenvalue weighted by atomic mass is 35.5. The summed E-state index contributed by atoms with van der Waals surface area (Å²) in [5.74, 6) is 0.472. The van der Waals surface area contributed by atoms with Crippen molar-refractivity contribution in [2.45, 2.75) is 50.5 Å². The molecular formula is C33H33ClN6O4S2. The van der Waals surface area contributed by atoms with Crippen LogP contribution in [-0.4, -0.2) is 45.7 Å². The lowest BCUT2D eigenvalue weighted by Crippen LogP contribution is -2.14. The molecule has 1 amide bonds. The second-order valence-electron chi connectivity index (χ2n) is 11.6. The lowest BCUT2D eigenvalue weighted by atomic mass is 9.93. The van der Waals surface area contributed by atoms with Crippen molar-refractivity contribution >= 4 is 56.5 Å². The first kappa shape index (κ1) is 33.0. The number of hydrogen-bond acceptors (Lipinski definition) is 9. The van der Waals surface area contributed by atoms with Crippen molar-refractivity contribution in [3.63, 3.8) is 0 Å². The van der Waals surface area contributed by atoms with Gasteiger partial charge in [-0.1, -0.05) is 56.6 Å². The highest BCUT2D eigenvalue weighted by molar-refractivity contribution is 7.91. The summed E-state index contributed by atoms with van der Waals surface area (Å²) in [6.45, 7) is 6.44. The van der Waals surface area contributed by atoms with Crippen molar-refractivity contribution in [2.24, 2.45) is 0 Å². The SMILES string of the molecule is CC(C)(C)c1csc(C=Cc2cccc(C(=O)Nc3cc(CCCS(=O)(=O)c4ccc(Cl)cc4)ccc3OCc3nnn[nH]3)c2)n1. The highest BCUT2D eigenvalue weighted by Gasteiger charge is 2.18. The van der Waals surface area contributed by atoms with E-state index in [4.69, 9.17) is 21.3 Å². The molecule has 0 bridgehead atoms. The molecule has 0 fully saturated rings. The lowest BCUT2D eigenvalue weighted by Gasteiger charge is -2.14. The number of nitrogens with zero attached hydrogens (tertiary/aromatic N) is 4. The van der Waals surface area contributed by atoms with Gasteiger partial charge in [0.05, 0.1) is 22.0 Å². The van der Waals surface area contributed by atoms with Crippen molar-refractivity contribution in [3.05, 3.63) is 110 Å². The Morgan fingerprint density at radius 3 is 2.59 bits per heavy atom. The summed E-state index contributed by atoms with van der Waals surface area (Å²) in [7, 11) is -3.47. The summed E-state index contributed by atoms with van der Waals surface area (Å²) in [5.41, 5.74) is 3.60. The minimum absolute atomic E-state index is 0.0265. The molecule has 2 aromatic heterocycles. The van der Waals surface area contributed by atoms with E-state index in [0.29, 0.717) is 40.7 Å². The molecule has 0 unspecified atom stereocenters. The Morgan fingerprint density at radius 1 is 1.07 bits per heavy atom. The number of aryl methyl sites for hydroxylation is 1. The first-order chi connectivity index (χ1) is 22.0. The topological polar surface area (TPSA) is 140 Å². The van der Waals surface area contributed by atoms with Crippen LogP contribution in [0.5, 0.6) is 5.75 Å². The first-order valence-corrected chi connectivity index (χ1v) is 17.4. The van der Waals surface area contributed by atoms with Crippen LogP contribution in [0.25, 0.3) is 12.2 Å². The number of anilines is 1. The van der Waals surface area contributed by atoms with Gasteiger partial charge in [-0.2, -0.15) is 0 Å². The number of halogens is 1. The monoisotopic (exact) mass is 676 g/mol. The number of thiazole rings is 1. The summed E-state index contributed by atoms with van der Waals surface area (Å²) < 4.78 is 31.5. The number of ether oxygens (including phenoxy) is 1. The Hall–Kier alpha value is -4.39. The van der Waals surface area contributed by atoms with Gasteiger partial charge < -0.3 is 10.1 Å². The number of rotatable bonds is 12. The van der Waals surface area contributed by atoms with Gasteiger partial charge in [0.25, 0.3) is 5.91 Å². The van der Waals surface area contributed by atoms with Crippen molar-refractivity contribution in [3.8, 4) is 5.75 Å². The molecule has 0 aliphatic heterocycles. The zero-order valence-corrected chi connectivity index (χ0v) is 27.9. The van der Waals surface area contributed by atoms with Crippen LogP contribution in [-0.2, 0) is 28.3 Å². The maximum Gasteiger partial charge on any atom is 0.255 e. The smallest absolute Gasteiger partial charge is 0.255 e. The molecule has 5 aromatic rings. The minimum atomic E-state index is -3.47. The number of sulfone groups is 1. The fourth-order valence-corrected chi connectivity index (χ4v) is 6.80. The van der Waals surface area contributed by atoms with Gasteiger partial charge in [-0.15, -0.1) is 16.4 Å². The fourth-order valence-electron chi connectivity index (χ4n) is 4.42. The summed E-state index contributed by atoms with van der Waals surface area (Å²) in [5, 5.41) is 20.0. The molecule has 3 aromatic carbocycles. The van der Waals surface area contributed by atoms with E-state index in [1.165, 1.54) is 12.1 Å². The average Bonchev–Trinajstić information content (AvgIpc) is 3.73. The largest absolute Gasteiger partial charge is 0.483 e. The average molecular weight is 677 g/mol. The van der Waals surface area contributed by atoms with Crippen LogP contribution in [0, 0.1) is 0 Å². The summed E-state index contributed by atoms with van der Waals surface area (Å²) in [6, 6.07) is 18.8. The number of tetrazole rings is 1. The molecule has 2 N–H and O–H groups in total. The maximum absolute atomic E-state index is 13.4. The quantitative estimate of drug-likeness (QED) is 0.144. The van der Waals surface area contributed by atoms with Gasteiger partial charge in [0.2, 0.25) is 0 Å². The van der Waals surface area contributed by atoms with Crippen LogP contribution in [0.2, 0.25) is 5.02 Å². The first-order valence-electron chi connectivity index (χ1n) is 14.5. The number of aromatic nitrogens is 5. The van der Waals surface area contributed by atoms with E-state index in [-0.39, 0.29) is 28.6 Å². The zero-order chi connectivity index (χ0) is 32.7. The molecule has 0 saturated carbocycles. The Labute approximate surface area is 276 Å². The van der Waals surface area contributed by atoms with E-state index < -0.39 is 9.84 Å². The molecule has 0 aliphatic rings. The molecule has 238 valence electrons. The second-order valence-corrected chi connectivity index (χ2v) is 15.0. The van der Waals surface area contributed by atoms with Crippen LogP contribution >= 0.6 is 22.9 Å². The van der Waals surface area contributed by atoms with Gasteiger partial charge in [0.1, 0.15) is 17.4 Å².